The van der Waals surface area contributed by atoms with E-state index in [1.165, 1.54) is 45.3 Å². The van der Waals surface area contributed by atoms with E-state index in [9.17, 15) is 0 Å². The molecule has 3 fully saturated rings. The highest BCUT2D eigenvalue weighted by molar-refractivity contribution is 4.98. The molecule has 0 spiro atoms. The van der Waals surface area contributed by atoms with Crippen molar-refractivity contribution in [2.24, 2.45) is 5.41 Å². The first-order valence-corrected chi connectivity index (χ1v) is 7.67. The molecular weight excluding hydrogens is 224 g/mol. The second-order valence-corrected chi connectivity index (χ2v) is 7.40. The van der Waals surface area contributed by atoms with E-state index >= 15 is 0 Å². The molecule has 3 heterocycles. The number of hydrogen-bond donors (Lipinski definition) is 1. The van der Waals surface area contributed by atoms with Crippen molar-refractivity contribution in [3.63, 3.8) is 0 Å². The standard InChI is InChI=1S/C15H28N2O/c1-15(2,3)14-10-17(8-4-7-16-14)12-9-11-5-6-13(12)18-11/h11-14,16H,4-10H2,1-3H3. The van der Waals surface area contributed by atoms with Gasteiger partial charge in [-0.2, -0.15) is 0 Å². The van der Waals surface area contributed by atoms with Crippen LogP contribution in [0.15, 0.2) is 0 Å². The van der Waals surface area contributed by atoms with E-state index in [0.717, 1.165) is 0 Å². The quantitative estimate of drug-likeness (QED) is 0.772. The second kappa shape index (κ2) is 4.77. The van der Waals surface area contributed by atoms with Gasteiger partial charge in [0.2, 0.25) is 0 Å². The van der Waals surface area contributed by atoms with Gasteiger partial charge in [0.1, 0.15) is 0 Å². The minimum absolute atomic E-state index is 0.348. The van der Waals surface area contributed by atoms with Crippen molar-refractivity contribution in [2.75, 3.05) is 19.6 Å². The molecule has 0 aromatic carbocycles. The topological polar surface area (TPSA) is 24.5 Å². The van der Waals surface area contributed by atoms with Gasteiger partial charge in [-0.15, -0.1) is 0 Å². The third kappa shape index (κ3) is 2.45. The van der Waals surface area contributed by atoms with Crippen LogP contribution in [0.2, 0.25) is 0 Å². The summed E-state index contributed by atoms with van der Waals surface area (Å²) in [5.74, 6) is 0. The van der Waals surface area contributed by atoms with Crippen LogP contribution in [-0.2, 0) is 4.74 Å². The van der Waals surface area contributed by atoms with Crippen molar-refractivity contribution in [2.45, 2.75) is 70.7 Å². The number of hydrogen-bond acceptors (Lipinski definition) is 3. The minimum Gasteiger partial charge on any atom is -0.373 e. The Bertz CT molecular complexity index is 299. The van der Waals surface area contributed by atoms with E-state index in [1.807, 2.05) is 0 Å². The van der Waals surface area contributed by atoms with Crippen LogP contribution in [-0.4, -0.2) is 48.8 Å². The van der Waals surface area contributed by atoms with Gasteiger partial charge in [-0.25, -0.2) is 0 Å². The summed E-state index contributed by atoms with van der Waals surface area (Å²) in [6, 6.07) is 1.31. The average molecular weight is 252 g/mol. The molecule has 0 aliphatic carbocycles. The summed E-state index contributed by atoms with van der Waals surface area (Å²) in [6.07, 6.45) is 6.26. The number of fused-ring (bicyclic) bond motifs is 2. The van der Waals surface area contributed by atoms with Crippen LogP contribution in [0.25, 0.3) is 0 Å². The average Bonchev–Trinajstić information content (AvgIpc) is 2.82. The van der Waals surface area contributed by atoms with Crippen molar-refractivity contribution in [3.05, 3.63) is 0 Å². The molecular formula is C15H28N2O. The van der Waals surface area contributed by atoms with Gasteiger partial charge in [0, 0.05) is 18.6 Å². The second-order valence-electron chi connectivity index (χ2n) is 7.40. The van der Waals surface area contributed by atoms with Crippen LogP contribution >= 0.6 is 0 Å². The summed E-state index contributed by atoms with van der Waals surface area (Å²) in [6.45, 7) is 10.7. The maximum absolute atomic E-state index is 6.04. The van der Waals surface area contributed by atoms with E-state index in [-0.39, 0.29) is 0 Å². The molecule has 4 atom stereocenters. The summed E-state index contributed by atoms with van der Waals surface area (Å²) in [7, 11) is 0. The molecule has 1 N–H and O–H groups in total. The Morgan fingerprint density at radius 2 is 2.06 bits per heavy atom. The zero-order valence-corrected chi connectivity index (χ0v) is 12.1. The molecule has 104 valence electrons. The number of nitrogens with one attached hydrogen (secondary N) is 1. The molecule has 3 rings (SSSR count). The highest BCUT2D eigenvalue weighted by Crippen LogP contribution is 2.38. The Morgan fingerprint density at radius 1 is 1.22 bits per heavy atom. The smallest absolute Gasteiger partial charge is 0.0735 e. The van der Waals surface area contributed by atoms with Crippen molar-refractivity contribution >= 4 is 0 Å². The van der Waals surface area contributed by atoms with E-state index in [1.54, 1.807) is 0 Å². The maximum Gasteiger partial charge on any atom is 0.0735 e. The number of ether oxygens (including phenoxy) is 1. The van der Waals surface area contributed by atoms with Crippen LogP contribution in [0.5, 0.6) is 0 Å². The van der Waals surface area contributed by atoms with Crippen LogP contribution < -0.4 is 5.32 Å². The van der Waals surface area contributed by atoms with Crippen LogP contribution in [0, 0.1) is 5.41 Å². The van der Waals surface area contributed by atoms with Crippen LogP contribution in [0.3, 0.4) is 0 Å². The van der Waals surface area contributed by atoms with Gasteiger partial charge in [0.15, 0.2) is 0 Å². The van der Waals surface area contributed by atoms with Crippen molar-refractivity contribution < 1.29 is 4.74 Å². The van der Waals surface area contributed by atoms with Crippen molar-refractivity contribution in [1.82, 2.24) is 10.2 Å². The molecule has 0 amide bonds. The lowest BCUT2D eigenvalue weighted by Crippen LogP contribution is -2.50. The highest BCUT2D eigenvalue weighted by atomic mass is 16.5. The highest BCUT2D eigenvalue weighted by Gasteiger charge is 2.44. The van der Waals surface area contributed by atoms with Gasteiger partial charge >= 0.3 is 0 Å². The molecule has 4 unspecified atom stereocenters. The van der Waals surface area contributed by atoms with Crippen LogP contribution in [0.1, 0.15) is 46.5 Å². The maximum atomic E-state index is 6.04. The number of nitrogens with zero attached hydrogens (tertiary/aromatic N) is 1. The first-order valence-electron chi connectivity index (χ1n) is 7.67. The molecule has 3 aliphatic heterocycles. The fraction of sp³-hybridized carbons (Fsp3) is 1.00. The van der Waals surface area contributed by atoms with E-state index in [2.05, 4.69) is 31.0 Å². The molecule has 18 heavy (non-hydrogen) atoms. The normalized spacial score (nSPS) is 42.2. The third-order valence-electron chi connectivity index (χ3n) is 5.02. The third-order valence-corrected chi connectivity index (χ3v) is 5.02. The van der Waals surface area contributed by atoms with Gasteiger partial charge in [0.05, 0.1) is 12.2 Å². The van der Waals surface area contributed by atoms with E-state index < -0.39 is 0 Å². The molecule has 0 saturated carbocycles. The van der Waals surface area contributed by atoms with E-state index in [4.69, 9.17) is 4.74 Å². The zero-order chi connectivity index (χ0) is 12.8. The first kappa shape index (κ1) is 12.9. The molecule has 0 aromatic heterocycles. The summed E-state index contributed by atoms with van der Waals surface area (Å²) < 4.78 is 6.04. The van der Waals surface area contributed by atoms with Crippen LogP contribution in [0.4, 0.5) is 0 Å². The molecule has 3 nitrogen and oxygen atoms in total. The summed E-state index contributed by atoms with van der Waals surface area (Å²) in [5.41, 5.74) is 0.348. The lowest BCUT2D eigenvalue weighted by Gasteiger charge is -2.37. The molecule has 0 radical (unpaired) electrons. The van der Waals surface area contributed by atoms with Crippen molar-refractivity contribution in [1.29, 1.82) is 0 Å². The minimum atomic E-state index is 0.348. The summed E-state index contributed by atoms with van der Waals surface area (Å²) in [4.78, 5) is 2.72. The Labute approximate surface area is 111 Å². The Hall–Kier alpha value is -0.120. The van der Waals surface area contributed by atoms with Gasteiger partial charge < -0.3 is 10.1 Å². The fourth-order valence-electron chi connectivity index (χ4n) is 3.83. The van der Waals surface area contributed by atoms with Gasteiger partial charge in [-0.1, -0.05) is 20.8 Å². The summed E-state index contributed by atoms with van der Waals surface area (Å²) in [5, 5.41) is 3.74. The van der Waals surface area contributed by atoms with E-state index in [0.29, 0.717) is 29.7 Å². The molecule has 2 bridgehead atoms. The predicted octanol–water partition coefficient (Wildman–Crippen LogP) is 2.02. The lowest BCUT2D eigenvalue weighted by atomic mass is 9.85. The SMILES string of the molecule is CC(C)(C)C1CN(C2CC3CCC2O3)CCCN1. The molecule has 3 aliphatic rings. The molecule has 3 saturated heterocycles. The number of rotatable bonds is 1. The predicted molar refractivity (Wildman–Crippen MR) is 73.7 cm³/mol. The Balaban J connectivity index is 1.68. The lowest BCUT2D eigenvalue weighted by molar-refractivity contribution is 0.0640. The van der Waals surface area contributed by atoms with Gasteiger partial charge in [-0.3, -0.25) is 4.90 Å². The largest absolute Gasteiger partial charge is 0.373 e. The zero-order valence-electron chi connectivity index (χ0n) is 12.1. The fourth-order valence-corrected chi connectivity index (χ4v) is 3.83. The summed E-state index contributed by atoms with van der Waals surface area (Å²) >= 11 is 0. The molecule has 0 aromatic rings. The van der Waals surface area contributed by atoms with Gasteiger partial charge in [0.25, 0.3) is 0 Å². The Kier molecular flexibility index (Phi) is 3.41. The van der Waals surface area contributed by atoms with Gasteiger partial charge in [-0.05, 0) is 44.2 Å². The van der Waals surface area contributed by atoms with Crippen molar-refractivity contribution in [3.8, 4) is 0 Å². The monoisotopic (exact) mass is 252 g/mol. The first-order chi connectivity index (χ1) is 8.54. The molecule has 3 heteroatoms. The Morgan fingerprint density at radius 3 is 2.67 bits per heavy atom.